The maximum atomic E-state index is 12.3. The van der Waals surface area contributed by atoms with E-state index in [1.165, 1.54) is 11.1 Å². The summed E-state index contributed by atoms with van der Waals surface area (Å²) in [5.74, 6) is -1.85. The Hall–Kier alpha value is -3.39. The van der Waals surface area contributed by atoms with Crippen molar-refractivity contribution in [2.45, 2.75) is 37.8 Å². The van der Waals surface area contributed by atoms with Gasteiger partial charge in [-0.25, -0.2) is 9.59 Å². The number of carbonyl (C=O) groups is 3. The zero-order chi connectivity index (χ0) is 23.4. The molecule has 1 heterocycles. The van der Waals surface area contributed by atoms with Crippen LogP contribution in [-0.4, -0.2) is 55.0 Å². The third kappa shape index (κ3) is 5.01. The molecular weight excluding hydrogens is 424 g/mol. The Morgan fingerprint density at radius 3 is 2.33 bits per heavy atom. The summed E-state index contributed by atoms with van der Waals surface area (Å²) in [5.41, 5.74) is 4.62. The van der Waals surface area contributed by atoms with E-state index in [2.05, 4.69) is 34.9 Å². The number of hydrogen-bond acceptors (Lipinski definition) is 5. The maximum Gasteiger partial charge on any atom is 0.407 e. The van der Waals surface area contributed by atoms with Gasteiger partial charge in [-0.2, -0.15) is 0 Å². The molecule has 1 fully saturated rings. The standard InChI is InChI=1S/C25H28N2O6/c1-2-22(24(29)30)27-23(28)15-11-16(32-13-15)12-26-25(31)33-14-21-19-9-5-3-7-17(19)18-8-4-6-10-20(18)21/h3-10,15-16,21-22H,2,11-14H2,1H3,(H,26,31)(H,27,28)(H,29,30). The first-order valence-electron chi connectivity index (χ1n) is 11.2. The summed E-state index contributed by atoms with van der Waals surface area (Å²) in [7, 11) is 0. The Morgan fingerprint density at radius 2 is 1.73 bits per heavy atom. The van der Waals surface area contributed by atoms with Crippen LogP contribution in [0.3, 0.4) is 0 Å². The summed E-state index contributed by atoms with van der Waals surface area (Å²) in [4.78, 5) is 35.7. The quantitative estimate of drug-likeness (QED) is 0.568. The molecule has 3 N–H and O–H groups in total. The summed E-state index contributed by atoms with van der Waals surface area (Å²) in [6.07, 6.45) is -0.149. The highest BCUT2D eigenvalue weighted by Gasteiger charge is 2.33. The maximum absolute atomic E-state index is 12.3. The van der Waals surface area contributed by atoms with Crippen molar-refractivity contribution in [3.63, 3.8) is 0 Å². The summed E-state index contributed by atoms with van der Waals surface area (Å²) in [6.45, 7) is 2.34. The van der Waals surface area contributed by atoms with E-state index in [9.17, 15) is 14.4 Å². The Bertz CT molecular complexity index is 994. The Balaban J connectivity index is 1.25. The van der Waals surface area contributed by atoms with Crippen molar-refractivity contribution in [1.82, 2.24) is 10.6 Å². The zero-order valence-corrected chi connectivity index (χ0v) is 18.5. The number of aliphatic carboxylic acids is 1. The van der Waals surface area contributed by atoms with E-state index in [4.69, 9.17) is 14.6 Å². The monoisotopic (exact) mass is 452 g/mol. The fraction of sp³-hybridized carbons (Fsp3) is 0.400. The molecule has 1 aliphatic heterocycles. The van der Waals surface area contributed by atoms with Gasteiger partial charge in [0.05, 0.1) is 18.6 Å². The number of fused-ring (bicyclic) bond motifs is 3. The van der Waals surface area contributed by atoms with Crippen molar-refractivity contribution in [2.24, 2.45) is 5.92 Å². The second kappa shape index (κ2) is 10.0. The number of amides is 2. The molecule has 0 saturated carbocycles. The van der Waals surface area contributed by atoms with E-state index in [1.54, 1.807) is 6.92 Å². The first kappa shape index (κ1) is 22.8. The van der Waals surface area contributed by atoms with E-state index in [0.29, 0.717) is 12.8 Å². The van der Waals surface area contributed by atoms with Gasteiger partial charge < -0.3 is 25.2 Å². The second-order valence-electron chi connectivity index (χ2n) is 8.40. The number of carboxylic acid groups (broad SMARTS) is 1. The second-order valence-corrected chi connectivity index (χ2v) is 8.40. The summed E-state index contributed by atoms with van der Waals surface area (Å²) in [5, 5.41) is 14.3. The van der Waals surface area contributed by atoms with E-state index < -0.39 is 24.0 Å². The van der Waals surface area contributed by atoms with Crippen molar-refractivity contribution < 1.29 is 29.0 Å². The fourth-order valence-electron chi connectivity index (χ4n) is 4.51. The summed E-state index contributed by atoms with van der Waals surface area (Å²) < 4.78 is 11.1. The molecule has 1 aliphatic carbocycles. The van der Waals surface area contributed by atoms with Crippen LogP contribution in [0.1, 0.15) is 36.8 Å². The van der Waals surface area contributed by atoms with Crippen molar-refractivity contribution in [2.75, 3.05) is 19.8 Å². The Kier molecular flexibility index (Phi) is 6.93. The van der Waals surface area contributed by atoms with Gasteiger partial charge in [-0.15, -0.1) is 0 Å². The molecule has 33 heavy (non-hydrogen) atoms. The smallest absolute Gasteiger partial charge is 0.407 e. The van der Waals surface area contributed by atoms with Gasteiger partial charge in [-0.05, 0) is 35.1 Å². The van der Waals surface area contributed by atoms with E-state index in [-0.39, 0.29) is 37.7 Å². The van der Waals surface area contributed by atoms with Crippen LogP contribution in [0.2, 0.25) is 0 Å². The lowest BCUT2D eigenvalue weighted by Crippen LogP contribution is -2.43. The van der Waals surface area contributed by atoms with Crippen molar-refractivity contribution in [3.8, 4) is 11.1 Å². The van der Waals surface area contributed by atoms with Gasteiger partial charge in [0.1, 0.15) is 12.6 Å². The average molecular weight is 453 g/mol. The van der Waals surface area contributed by atoms with E-state index in [0.717, 1.165) is 11.1 Å². The van der Waals surface area contributed by atoms with Crippen LogP contribution in [0.15, 0.2) is 48.5 Å². The molecular formula is C25H28N2O6. The molecule has 0 bridgehead atoms. The number of hydrogen-bond donors (Lipinski definition) is 3. The number of alkyl carbamates (subject to hydrolysis) is 1. The van der Waals surface area contributed by atoms with Crippen molar-refractivity contribution in [3.05, 3.63) is 59.7 Å². The molecule has 4 rings (SSSR count). The number of carboxylic acids is 1. The fourth-order valence-corrected chi connectivity index (χ4v) is 4.51. The number of rotatable bonds is 8. The van der Waals surface area contributed by atoms with Crippen LogP contribution in [0.4, 0.5) is 4.79 Å². The van der Waals surface area contributed by atoms with Gasteiger partial charge in [0.15, 0.2) is 0 Å². The van der Waals surface area contributed by atoms with Crippen LogP contribution in [-0.2, 0) is 19.1 Å². The summed E-state index contributed by atoms with van der Waals surface area (Å²) >= 11 is 0. The molecule has 8 nitrogen and oxygen atoms in total. The predicted octanol–water partition coefficient (Wildman–Crippen LogP) is 2.91. The molecule has 2 aromatic rings. The molecule has 3 unspecified atom stereocenters. The third-order valence-electron chi connectivity index (χ3n) is 6.29. The molecule has 3 atom stereocenters. The predicted molar refractivity (Wildman–Crippen MR) is 121 cm³/mol. The van der Waals surface area contributed by atoms with Crippen LogP contribution >= 0.6 is 0 Å². The molecule has 2 aliphatic rings. The van der Waals surface area contributed by atoms with Crippen LogP contribution in [0.25, 0.3) is 11.1 Å². The van der Waals surface area contributed by atoms with E-state index >= 15 is 0 Å². The molecule has 8 heteroatoms. The molecule has 1 saturated heterocycles. The lowest BCUT2D eigenvalue weighted by molar-refractivity contribution is -0.142. The molecule has 0 aromatic heterocycles. The Labute approximate surface area is 192 Å². The minimum Gasteiger partial charge on any atom is -0.480 e. The lowest BCUT2D eigenvalue weighted by atomic mass is 9.98. The highest BCUT2D eigenvalue weighted by atomic mass is 16.5. The number of nitrogens with one attached hydrogen (secondary N) is 2. The molecule has 0 spiro atoms. The zero-order valence-electron chi connectivity index (χ0n) is 18.5. The highest BCUT2D eigenvalue weighted by Crippen LogP contribution is 2.44. The highest BCUT2D eigenvalue weighted by molar-refractivity contribution is 5.85. The number of benzene rings is 2. The largest absolute Gasteiger partial charge is 0.480 e. The summed E-state index contributed by atoms with van der Waals surface area (Å²) in [6, 6.07) is 15.4. The van der Waals surface area contributed by atoms with Gasteiger partial charge in [0.2, 0.25) is 5.91 Å². The average Bonchev–Trinajstić information content (AvgIpc) is 3.42. The van der Waals surface area contributed by atoms with Gasteiger partial charge in [-0.3, -0.25) is 4.79 Å². The first-order chi connectivity index (χ1) is 16.0. The third-order valence-corrected chi connectivity index (χ3v) is 6.29. The van der Waals surface area contributed by atoms with Crippen molar-refractivity contribution in [1.29, 1.82) is 0 Å². The molecule has 0 radical (unpaired) electrons. The van der Waals surface area contributed by atoms with Gasteiger partial charge >= 0.3 is 12.1 Å². The van der Waals surface area contributed by atoms with Crippen LogP contribution in [0, 0.1) is 5.92 Å². The molecule has 174 valence electrons. The number of carbonyl (C=O) groups excluding carboxylic acids is 2. The molecule has 2 aromatic carbocycles. The Morgan fingerprint density at radius 1 is 1.09 bits per heavy atom. The van der Waals surface area contributed by atoms with Crippen LogP contribution < -0.4 is 10.6 Å². The van der Waals surface area contributed by atoms with Crippen molar-refractivity contribution >= 4 is 18.0 Å². The lowest BCUT2D eigenvalue weighted by Gasteiger charge is -2.16. The van der Waals surface area contributed by atoms with E-state index in [1.807, 2.05) is 24.3 Å². The molecule has 2 amide bonds. The topological polar surface area (TPSA) is 114 Å². The minimum atomic E-state index is -1.06. The van der Waals surface area contributed by atoms with Crippen LogP contribution in [0.5, 0.6) is 0 Å². The van der Waals surface area contributed by atoms with Gasteiger partial charge in [0, 0.05) is 12.5 Å². The normalized spacial score (nSPS) is 19.9. The SMILES string of the molecule is CCC(NC(=O)C1COC(CNC(=O)OCC2c3ccccc3-c3ccccc32)C1)C(=O)O. The first-order valence-corrected chi connectivity index (χ1v) is 11.2. The van der Waals surface area contributed by atoms with Gasteiger partial charge in [-0.1, -0.05) is 55.5 Å². The minimum absolute atomic E-state index is 0.0142. The van der Waals surface area contributed by atoms with Gasteiger partial charge in [0.25, 0.3) is 0 Å². The number of ether oxygens (including phenoxy) is 2.